The van der Waals surface area contributed by atoms with Gasteiger partial charge >= 0.3 is 0 Å². The van der Waals surface area contributed by atoms with Gasteiger partial charge in [0.1, 0.15) is 5.69 Å². The zero-order valence-electron chi connectivity index (χ0n) is 19.2. The van der Waals surface area contributed by atoms with Crippen molar-refractivity contribution < 1.29 is 4.57 Å². The van der Waals surface area contributed by atoms with E-state index >= 15 is 0 Å². The van der Waals surface area contributed by atoms with Crippen LogP contribution in [0.2, 0.25) is 0 Å². The molecule has 2 nitrogen and oxygen atoms in total. The summed E-state index contributed by atoms with van der Waals surface area (Å²) in [6.07, 6.45) is 0. The van der Waals surface area contributed by atoms with Gasteiger partial charge in [0.2, 0.25) is 0 Å². The maximum absolute atomic E-state index is 2.39. The lowest BCUT2D eigenvalue weighted by Gasteiger charge is -2.11. The number of rotatable bonds is 4. The molecule has 0 atom stereocenters. The first-order valence-electron chi connectivity index (χ1n) is 11.3. The molecule has 0 unspecified atom stereocenters. The first kappa shape index (κ1) is 20.3. The minimum Gasteiger partial charge on any atom is -0.225 e. The van der Waals surface area contributed by atoms with E-state index in [2.05, 4.69) is 134 Å². The average molecular weight is 418 g/mol. The maximum atomic E-state index is 2.39. The van der Waals surface area contributed by atoms with E-state index in [0.29, 0.717) is 5.92 Å². The molecule has 0 saturated carbocycles. The summed E-state index contributed by atoms with van der Waals surface area (Å²) in [6.45, 7) is 6.72. The van der Waals surface area contributed by atoms with E-state index in [9.17, 15) is 0 Å². The molecule has 5 rings (SSSR count). The highest BCUT2D eigenvalue weighted by molar-refractivity contribution is 5.80. The lowest BCUT2D eigenvalue weighted by atomic mass is 9.97. The first-order chi connectivity index (χ1) is 15.5. The molecule has 0 bridgehead atoms. The van der Waals surface area contributed by atoms with Crippen molar-refractivity contribution >= 4 is 11.0 Å². The van der Waals surface area contributed by atoms with E-state index in [1.54, 1.807) is 0 Å². The summed E-state index contributed by atoms with van der Waals surface area (Å²) >= 11 is 0. The zero-order chi connectivity index (χ0) is 22.2. The van der Waals surface area contributed by atoms with E-state index < -0.39 is 0 Å². The highest BCUT2D eigenvalue weighted by Gasteiger charge is 2.27. The van der Waals surface area contributed by atoms with Crippen molar-refractivity contribution in [3.05, 3.63) is 108 Å². The molecule has 0 fully saturated rings. The number of para-hydroxylation sites is 2. The van der Waals surface area contributed by atoms with Crippen LogP contribution in [-0.4, -0.2) is 4.57 Å². The Labute approximate surface area is 190 Å². The number of imidazole rings is 1. The van der Waals surface area contributed by atoms with Gasteiger partial charge in [0.05, 0.1) is 12.6 Å². The predicted octanol–water partition coefficient (Wildman–Crippen LogP) is 7.22. The molecule has 0 N–H and O–H groups in total. The van der Waals surface area contributed by atoms with Crippen LogP contribution in [0, 0.1) is 6.92 Å². The fraction of sp³-hybridized carbons (Fsp3) is 0.167. The normalized spacial score (nSPS) is 11.4. The van der Waals surface area contributed by atoms with E-state index in [-0.39, 0.29) is 0 Å². The van der Waals surface area contributed by atoms with Crippen LogP contribution in [0.25, 0.3) is 39.2 Å². The van der Waals surface area contributed by atoms with Gasteiger partial charge in [-0.3, -0.25) is 0 Å². The monoisotopic (exact) mass is 417 g/mol. The third kappa shape index (κ3) is 3.42. The van der Waals surface area contributed by atoms with Gasteiger partial charge in [-0.25, -0.2) is 4.57 Å². The minimum atomic E-state index is 0.521. The van der Waals surface area contributed by atoms with Crippen molar-refractivity contribution in [1.29, 1.82) is 0 Å². The molecular weight excluding hydrogens is 388 g/mol. The summed E-state index contributed by atoms with van der Waals surface area (Å²) in [7, 11) is 2.17. The number of hydrogen-bond donors (Lipinski definition) is 0. The lowest BCUT2D eigenvalue weighted by Crippen LogP contribution is -2.30. The van der Waals surface area contributed by atoms with Gasteiger partial charge in [-0.2, -0.15) is 4.57 Å². The van der Waals surface area contributed by atoms with Gasteiger partial charge in [-0.15, -0.1) is 0 Å². The second-order valence-corrected chi connectivity index (χ2v) is 8.85. The van der Waals surface area contributed by atoms with Gasteiger partial charge in [0.15, 0.2) is 11.0 Å². The topological polar surface area (TPSA) is 8.81 Å². The van der Waals surface area contributed by atoms with Crippen molar-refractivity contribution in [3.8, 4) is 28.2 Å². The molecular formula is C30H29N2+. The Morgan fingerprint density at radius 3 is 2.06 bits per heavy atom. The molecule has 1 aromatic heterocycles. The molecule has 32 heavy (non-hydrogen) atoms. The smallest absolute Gasteiger partial charge is 0.225 e. The Morgan fingerprint density at radius 1 is 0.719 bits per heavy atom. The van der Waals surface area contributed by atoms with E-state index in [0.717, 1.165) is 0 Å². The molecule has 0 aliphatic carbocycles. The Balaban J connectivity index is 1.72. The maximum Gasteiger partial charge on any atom is 0.295 e. The van der Waals surface area contributed by atoms with Crippen LogP contribution >= 0.6 is 0 Å². The van der Waals surface area contributed by atoms with Crippen molar-refractivity contribution in [3.63, 3.8) is 0 Å². The summed E-state index contributed by atoms with van der Waals surface area (Å²) in [5.74, 6) is 1.72. The Hall–Kier alpha value is -3.65. The van der Waals surface area contributed by atoms with Gasteiger partial charge < -0.3 is 0 Å². The number of fused-ring (bicyclic) bond motifs is 1. The zero-order valence-corrected chi connectivity index (χ0v) is 19.2. The molecule has 4 aromatic carbocycles. The standard InChI is InChI=1S/C30H29N2/c1-21(2)25-16-19-27(22(3)20-25)30-31(4)28-12-8-9-13-29(28)32(30)26-17-14-24(15-18-26)23-10-6-5-7-11-23/h5-21H,1-4H3/q+1. The van der Waals surface area contributed by atoms with Crippen LogP contribution in [-0.2, 0) is 7.05 Å². The largest absolute Gasteiger partial charge is 0.295 e. The Morgan fingerprint density at radius 2 is 1.38 bits per heavy atom. The lowest BCUT2D eigenvalue weighted by molar-refractivity contribution is -0.633. The van der Waals surface area contributed by atoms with Gasteiger partial charge in [0, 0.05) is 0 Å². The molecule has 0 amide bonds. The molecule has 0 aliphatic rings. The van der Waals surface area contributed by atoms with E-state index in [4.69, 9.17) is 0 Å². The van der Waals surface area contributed by atoms with Crippen LogP contribution in [0.3, 0.4) is 0 Å². The number of aryl methyl sites for hydroxylation is 2. The van der Waals surface area contributed by atoms with Crippen molar-refractivity contribution in [1.82, 2.24) is 4.57 Å². The van der Waals surface area contributed by atoms with Crippen molar-refractivity contribution in [2.24, 2.45) is 7.05 Å². The molecule has 5 aromatic rings. The van der Waals surface area contributed by atoms with Gasteiger partial charge in [0.25, 0.3) is 5.82 Å². The predicted molar refractivity (Wildman–Crippen MR) is 134 cm³/mol. The number of nitrogens with zero attached hydrogens (tertiary/aromatic N) is 2. The molecule has 158 valence electrons. The number of hydrogen-bond acceptors (Lipinski definition) is 0. The fourth-order valence-electron chi connectivity index (χ4n) is 4.61. The van der Waals surface area contributed by atoms with Crippen LogP contribution < -0.4 is 4.57 Å². The molecule has 2 heteroatoms. The first-order valence-corrected chi connectivity index (χ1v) is 11.3. The van der Waals surface area contributed by atoms with Crippen LogP contribution in [0.1, 0.15) is 30.9 Å². The highest BCUT2D eigenvalue weighted by atomic mass is 15.2. The number of benzene rings is 4. The van der Waals surface area contributed by atoms with Crippen molar-refractivity contribution in [2.45, 2.75) is 26.7 Å². The second kappa shape index (κ2) is 8.12. The van der Waals surface area contributed by atoms with Crippen LogP contribution in [0.4, 0.5) is 0 Å². The molecule has 0 radical (unpaired) electrons. The van der Waals surface area contributed by atoms with Crippen LogP contribution in [0.5, 0.6) is 0 Å². The van der Waals surface area contributed by atoms with Gasteiger partial charge in [-0.05, 0) is 65.4 Å². The van der Waals surface area contributed by atoms with Crippen LogP contribution in [0.15, 0.2) is 97.1 Å². The Kier molecular flexibility index (Phi) is 5.14. The summed E-state index contributed by atoms with van der Waals surface area (Å²) in [6, 6.07) is 35.0. The third-order valence-corrected chi connectivity index (χ3v) is 6.40. The Bertz CT molecular complexity index is 1390. The quantitative estimate of drug-likeness (QED) is 0.273. The van der Waals surface area contributed by atoms with Crippen molar-refractivity contribution in [2.75, 3.05) is 0 Å². The van der Waals surface area contributed by atoms with E-state index in [1.165, 1.54) is 50.4 Å². The average Bonchev–Trinajstić information content (AvgIpc) is 3.12. The minimum absolute atomic E-state index is 0.521. The molecule has 0 saturated heterocycles. The second-order valence-electron chi connectivity index (χ2n) is 8.85. The summed E-state index contributed by atoms with van der Waals surface area (Å²) in [5.41, 5.74) is 10.0. The number of aromatic nitrogens is 2. The highest BCUT2D eigenvalue weighted by Crippen LogP contribution is 2.31. The van der Waals surface area contributed by atoms with E-state index in [1.807, 2.05) is 0 Å². The third-order valence-electron chi connectivity index (χ3n) is 6.40. The summed E-state index contributed by atoms with van der Waals surface area (Å²) in [5, 5.41) is 0. The molecule has 0 aliphatic heterocycles. The SMILES string of the molecule is Cc1cc(C(C)C)ccc1-c1n(-c2ccc(-c3ccccc3)cc2)c2ccccc2[n+]1C. The molecule has 1 heterocycles. The summed E-state index contributed by atoms with van der Waals surface area (Å²) < 4.78 is 4.71. The molecule has 0 spiro atoms. The van der Waals surface area contributed by atoms with Gasteiger partial charge in [-0.1, -0.05) is 80.6 Å². The summed E-state index contributed by atoms with van der Waals surface area (Å²) in [4.78, 5) is 0. The fourth-order valence-corrected chi connectivity index (χ4v) is 4.61.